The molecule has 0 unspecified atom stereocenters. The van der Waals surface area contributed by atoms with E-state index in [2.05, 4.69) is 31.9 Å². The van der Waals surface area contributed by atoms with Gasteiger partial charge in [0.2, 0.25) is 5.91 Å². The van der Waals surface area contributed by atoms with Crippen molar-refractivity contribution in [3.05, 3.63) is 50.9 Å². The Morgan fingerprint density at radius 3 is 2.64 bits per heavy atom. The van der Waals surface area contributed by atoms with Crippen molar-refractivity contribution >= 4 is 51.3 Å². The molecule has 0 radical (unpaired) electrons. The van der Waals surface area contributed by atoms with Gasteiger partial charge in [0.15, 0.2) is 5.13 Å². The standard InChI is InChI=1S/C24H30N6O4S2/c1-14(2)29-24(22(25)34)8-10-30(11-9-24)18-6-4-3-5-15(18)26-20(31)17-13-36-23(28-17)27-16-7-12-35-19(16)21(32)33/h4,6-7,12-14,29H,3,5,8-11H2,1-2H3,(H2,25,34)(H,26,31)(H,27,28)(H,32,33). The number of nitrogens with zero attached hydrogens (tertiary/aromatic N) is 2. The maximum atomic E-state index is 13.0. The van der Waals surface area contributed by atoms with Crippen molar-refractivity contribution in [1.29, 1.82) is 0 Å². The summed E-state index contributed by atoms with van der Waals surface area (Å²) >= 11 is 2.35. The highest BCUT2D eigenvalue weighted by Gasteiger charge is 2.40. The Balaban J connectivity index is 1.45. The van der Waals surface area contributed by atoms with Gasteiger partial charge in [0.1, 0.15) is 16.1 Å². The number of allylic oxidation sites excluding steroid dienone is 3. The molecular formula is C24H30N6O4S2. The summed E-state index contributed by atoms with van der Waals surface area (Å²) in [6.45, 7) is 5.28. The van der Waals surface area contributed by atoms with Gasteiger partial charge in [-0.2, -0.15) is 0 Å². The maximum Gasteiger partial charge on any atom is 0.348 e. The number of hydrogen-bond acceptors (Lipinski definition) is 9. The third-order valence-corrected chi connectivity index (χ3v) is 7.90. The van der Waals surface area contributed by atoms with Crippen molar-refractivity contribution in [3.8, 4) is 0 Å². The van der Waals surface area contributed by atoms with Gasteiger partial charge in [-0.1, -0.05) is 6.08 Å². The number of aromatic carboxylic acids is 1. The SMILES string of the molecule is CC(C)NC1(C(N)=O)CCN(C2=C(NC(=O)c3csc(Nc4ccsc4C(=O)O)n3)CCC=C2)CC1. The number of carboxylic acids is 1. The number of primary amides is 1. The number of carbonyl (C=O) groups excluding carboxylic acids is 2. The van der Waals surface area contributed by atoms with E-state index in [0.717, 1.165) is 29.2 Å². The maximum absolute atomic E-state index is 13.0. The molecule has 10 nitrogen and oxygen atoms in total. The summed E-state index contributed by atoms with van der Waals surface area (Å²) in [7, 11) is 0. The molecule has 1 saturated heterocycles. The van der Waals surface area contributed by atoms with Crippen LogP contribution in [0.25, 0.3) is 0 Å². The quantitative estimate of drug-likeness (QED) is 0.332. The number of nitrogens with one attached hydrogen (secondary N) is 3. The van der Waals surface area contributed by atoms with Crippen LogP contribution in [0.2, 0.25) is 0 Å². The number of nitrogens with two attached hydrogens (primary N) is 1. The van der Waals surface area contributed by atoms with Gasteiger partial charge in [0.25, 0.3) is 5.91 Å². The van der Waals surface area contributed by atoms with Gasteiger partial charge in [-0.15, -0.1) is 22.7 Å². The second-order valence-corrected chi connectivity index (χ2v) is 10.9. The molecule has 3 heterocycles. The van der Waals surface area contributed by atoms with E-state index in [1.165, 1.54) is 11.3 Å². The second kappa shape index (κ2) is 10.8. The van der Waals surface area contributed by atoms with Crippen molar-refractivity contribution in [1.82, 2.24) is 20.5 Å². The van der Waals surface area contributed by atoms with Gasteiger partial charge in [-0.25, -0.2) is 9.78 Å². The lowest BCUT2D eigenvalue weighted by molar-refractivity contribution is -0.126. The van der Waals surface area contributed by atoms with Crippen LogP contribution in [0.4, 0.5) is 10.8 Å². The first-order valence-corrected chi connectivity index (χ1v) is 13.5. The number of anilines is 2. The van der Waals surface area contributed by atoms with Crippen LogP contribution >= 0.6 is 22.7 Å². The number of carbonyl (C=O) groups is 3. The van der Waals surface area contributed by atoms with E-state index < -0.39 is 11.5 Å². The summed E-state index contributed by atoms with van der Waals surface area (Å²) < 4.78 is 0. The largest absolute Gasteiger partial charge is 0.477 e. The first kappa shape index (κ1) is 25.9. The smallest absolute Gasteiger partial charge is 0.348 e. The van der Waals surface area contributed by atoms with Crippen LogP contribution < -0.4 is 21.7 Å². The predicted molar refractivity (Wildman–Crippen MR) is 141 cm³/mol. The number of thiophene rings is 1. The lowest BCUT2D eigenvalue weighted by Gasteiger charge is -2.43. The number of hydrogen-bond donors (Lipinski definition) is 5. The summed E-state index contributed by atoms with van der Waals surface area (Å²) in [5.74, 6) is -1.67. The Morgan fingerprint density at radius 1 is 1.22 bits per heavy atom. The molecule has 0 aromatic carbocycles. The fraction of sp³-hybridized carbons (Fsp3) is 0.417. The Morgan fingerprint density at radius 2 is 1.97 bits per heavy atom. The van der Waals surface area contributed by atoms with E-state index >= 15 is 0 Å². The van der Waals surface area contributed by atoms with Crippen LogP contribution in [-0.4, -0.2) is 57.4 Å². The number of piperidine rings is 1. The molecule has 2 aliphatic rings. The van der Waals surface area contributed by atoms with Crippen molar-refractivity contribution in [2.24, 2.45) is 5.73 Å². The van der Waals surface area contributed by atoms with Crippen LogP contribution in [0, 0.1) is 0 Å². The van der Waals surface area contributed by atoms with E-state index in [9.17, 15) is 19.5 Å². The van der Waals surface area contributed by atoms with Gasteiger partial charge in [-0.3, -0.25) is 9.59 Å². The molecule has 0 bridgehead atoms. The van der Waals surface area contributed by atoms with E-state index in [4.69, 9.17) is 5.73 Å². The molecular weight excluding hydrogens is 500 g/mol. The highest BCUT2D eigenvalue weighted by atomic mass is 32.1. The zero-order valence-electron chi connectivity index (χ0n) is 20.2. The van der Waals surface area contributed by atoms with E-state index in [1.54, 1.807) is 16.8 Å². The Hall–Kier alpha value is -3.22. The van der Waals surface area contributed by atoms with Crippen molar-refractivity contribution in [2.45, 2.75) is 51.1 Å². The Kier molecular flexibility index (Phi) is 7.76. The minimum absolute atomic E-state index is 0.139. The average molecular weight is 531 g/mol. The highest BCUT2D eigenvalue weighted by molar-refractivity contribution is 7.14. The molecule has 2 amide bonds. The van der Waals surface area contributed by atoms with Gasteiger partial charge in [0.05, 0.1) is 11.4 Å². The number of carboxylic acid groups (broad SMARTS) is 1. The molecule has 192 valence electrons. The van der Waals surface area contributed by atoms with Crippen molar-refractivity contribution in [2.75, 3.05) is 18.4 Å². The van der Waals surface area contributed by atoms with Crippen LogP contribution in [0.15, 0.2) is 40.4 Å². The second-order valence-electron chi connectivity index (χ2n) is 9.12. The third-order valence-electron chi connectivity index (χ3n) is 6.24. The zero-order chi connectivity index (χ0) is 25.9. The molecule has 1 fully saturated rings. The van der Waals surface area contributed by atoms with Gasteiger partial charge < -0.3 is 31.7 Å². The number of likely N-dealkylation sites (tertiary alicyclic amines) is 1. The normalized spacial score (nSPS) is 17.4. The number of amides is 2. The fourth-order valence-corrected chi connectivity index (χ4v) is 5.93. The summed E-state index contributed by atoms with van der Waals surface area (Å²) in [6.07, 6.45) is 6.77. The Labute approximate surface area is 217 Å². The monoisotopic (exact) mass is 530 g/mol. The highest BCUT2D eigenvalue weighted by Crippen LogP contribution is 2.30. The van der Waals surface area contributed by atoms with Crippen LogP contribution in [-0.2, 0) is 4.79 Å². The molecule has 6 N–H and O–H groups in total. The first-order valence-electron chi connectivity index (χ1n) is 11.8. The Bertz CT molecular complexity index is 1210. The summed E-state index contributed by atoms with van der Waals surface area (Å²) in [5, 5.41) is 22.4. The molecule has 0 spiro atoms. The van der Waals surface area contributed by atoms with Crippen LogP contribution in [0.3, 0.4) is 0 Å². The molecule has 0 atom stereocenters. The van der Waals surface area contributed by atoms with Gasteiger partial charge in [-0.05, 0) is 57.1 Å². The molecule has 0 saturated carbocycles. The molecule has 1 aliphatic carbocycles. The predicted octanol–water partition coefficient (Wildman–Crippen LogP) is 3.26. The zero-order valence-corrected chi connectivity index (χ0v) is 21.8. The lowest BCUT2D eigenvalue weighted by Crippen LogP contribution is -2.62. The summed E-state index contributed by atoms with van der Waals surface area (Å²) in [6, 6.07) is 1.81. The third kappa shape index (κ3) is 5.61. The molecule has 2 aromatic rings. The molecule has 12 heteroatoms. The van der Waals surface area contributed by atoms with Gasteiger partial charge in [0, 0.05) is 30.2 Å². The summed E-state index contributed by atoms with van der Waals surface area (Å²) in [4.78, 5) is 43.3. The van der Waals surface area contributed by atoms with E-state index in [-0.39, 0.29) is 28.4 Å². The van der Waals surface area contributed by atoms with Crippen molar-refractivity contribution in [3.63, 3.8) is 0 Å². The van der Waals surface area contributed by atoms with Crippen molar-refractivity contribution < 1.29 is 19.5 Å². The summed E-state index contributed by atoms with van der Waals surface area (Å²) in [5.41, 5.74) is 7.49. The van der Waals surface area contributed by atoms with Crippen LogP contribution in [0.5, 0.6) is 0 Å². The fourth-order valence-electron chi connectivity index (χ4n) is 4.54. The van der Waals surface area contributed by atoms with E-state index in [1.807, 2.05) is 19.9 Å². The molecule has 4 rings (SSSR count). The minimum Gasteiger partial charge on any atom is -0.477 e. The molecule has 1 aliphatic heterocycles. The average Bonchev–Trinajstić information content (AvgIpc) is 3.50. The molecule has 36 heavy (non-hydrogen) atoms. The van der Waals surface area contributed by atoms with Gasteiger partial charge >= 0.3 is 5.97 Å². The number of aromatic nitrogens is 1. The topological polar surface area (TPSA) is 150 Å². The number of thiazole rings is 1. The van der Waals surface area contributed by atoms with E-state index in [0.29, 0.717) is 43.2 Å². The van der Waals surface area contributed by atoms with Crippen LogP contribution in [0.1, 0.15) is 59.7 Å². The lowest BCUT2D eigenvalue weighted by atomic mass is 9.85. The molecule has 2 aromatic heterocycles. The number of rotatable bonds is 9. The first-order chi connectivity index (χ1) is 17.2. The minimum atomic E-state index is -1.02.